The molecule has 0 amide bonds. The van der Waals surface area contributed by atoms with Gasteiger partial charge in [-0.3, -0.25) is 0 Å². The molecule has 3 aromatic rings. The number of aliphatic hydroxyl groups excluding tert-OH is 2. The maximum atomic E-state index is 8.95. The van der Waals surface area contributed by atoms with E-state index in [2.05, 4.69) is 0 Å². The summed E-state index contributed by atoms with van der Waals surface area (Å²) in [6.45, 7) is 1.33. The Balaban J connectivity index is 1.46. The van der Waals surface area contributed by atoms with Crippen molar-refractivity contribution in [2.45, 2.75) is 26.1 Å². The van der Waals surface area contributed by atoms with Gasteiger partial charge in [0.15, 0.2) is 0 Å². The average Bonchev–Trinajstić information content (AvgIpc) is 2.74. The molecule has 3 rings (SSSR count). The lowest BCUT2D eigenvalue weighted by Gasteiger charge is -2.09. The average molecular weight is 378 g/mol. The molecular weight excluding hydrogens is 352 g/mol. The Bertz CT molecular complexity index is 751. The molecule has 0 bridgehead atoms. The first-order chi connectivity index (χ1) is 13.8. The van der Waals surface area contributed by atoms with Crippen molar-refractivity contribution >= 4 is 0 Å². The van der Waals surface area contributed by atoms with Crippen LogP contribution in [0.4, 0.5) is 0 Å². The monoisotopic (exact) mass is 378 g/mol. The third-order valence-corrected chi connectivity index (χ3v) is 4.48. The molecule has 0 unspecified atom stereocenters. The van der Waals surface area contributed by atoms with Crippen molar-refractivity contribution in [1.82, 2.24) is 0 Å². The van der Waals surface area contributed by atoms with Gasteiger partial charge in [0.25, 0.3) is 0 Å². The first-order valence-corrected chi connectivity index (χ1v) is 9.50. The van der Waals surface area contributed by atoms with Gasteiger partial charge in [-0.05, 0) is 59.4 Å². The van der Waals surface area contributed by atoms with Crippen LogP contribution in [0.2, 0.25) is 0 Å². The number of aliphatic hydroxyl groups is 2. The van der Waals surface area contributed by atoms with Gasteiger partial charge in [-0.15, -0.1) is 0 Å². The number of benzene rings is 3. The van der Waals surface area contributed by atoms with Crippen LogP contribution in [0.15, 0.2) is 72.8 Å². The van der Waals surface area contributed by atoms with Crippen molar-refractivity contribution in [3.8, 4) is 11.5 Å². The van der Waals surface area contributed by atoms with Crippen molar-refractivity contribution in [2.75, 3.05) is 13.2 Å². The van der Waals surface area contributed by atoms with Crippen LogP contribution in [-0.2, 0) is 26.1 Å². The Morgan fingerprint density at radius 2 is 0.786 bits per heavy atom. The molecule has 0 atom stereocenters. The van der Waals surface area contributed by atoms with Crippen LogP contribution in [0.3, 0.4) is 0 Å². The Kier molecular flexibility index (Phi) is 7.47. The van der Waals surface area contributed by atoms with Crippen molar-refractivity contribution < 1.29 is 19.7 Å². The molecule has 0 spiro atoms. The minimum absolute atomic E-state index is 0.158. The molecule has 2 N–H and O–H groups in total. The molecule has 0 aliphatic heterocycles. The molecule has 0 radical (unpaired) electrons. The van der Waals surface area contributed by atoms with Crippen LogP contribution in [0.25, 0.3) is 0 Å². The van der Waals surface area contributed by atoms with E-state index in [4.69, 9.17) is 19.7 Å². The van der Waals surface area contributed by atoms with Crippen molar-refractivity contribution in [3.05, 3.63) is 95.1 Å². The van der Waals surface area contributed by atoms with Gasteiger partial charge in [-0.25, -0.2) is 0 Å². The van der Waals surface area contributed by atoms with Gasteiger partial charge in [-0.2, -0.15) is 0 Å². The minimum atomic E-state index is 0.158. The standard InChI is InChI=1S/C24H26O4/c25-15-13-19-5-9-23(10-6-19)27-17-21-1-2-22(4-3-21)18-28-24-11-7-20(8-12-24)14-16-26/h1-12,25-26H,13-18H2. The first-order valence-electron chi connectivity index (χ1n) is 9.50. The molecular formula is C24H26O4. The molecule has 0 heterocycles. The predicted molar refractivity (Wildman–Crippen MR) is 110 cm³/mol. The molecule has 0 aromatic heterocycles. The molecule has 0 aliphatic carbocycles. The van der Waals surface area contributed by atoms with Crippen LogP contribution in [0.1, 0.15) is 22.3 Å². The summed E-state index contributed by atoms with van der Waals surface area (Å²) in [5.74, 6) is 1.64. The van der Waals surface area contributed by atoms with Crippen LogP contribution in [0, 0.1) is 0 Å². The quantitative estimate of drug-likeness (QED) is 0.562. The Hall–Kier alpha value is -2.82. The Morgan fingerprint density at radius 3 is 1.11 bits per heavy atom. The summed E-state index contributed by atoms with van der Waals surface area (Å²) in [6, 6.07) is 23.8. The second kappa shape index (κ2) is 10.5. The van der Waals surface area contributed by atoms with E-state index in [0.29, 0.717) is 26.1 Å². The highest BCUT2D eigenvalue weighted by Gasteiger charge is 2.00. The molecule has 0 aliphatic rings. The van der Waals surface area contributed by atoms with E-state index in [9.17, 15) is 0 Å². The van der Waals surface area contributed by atoms with Crippen molar-refractivity contribution in [1.29, 1.82) is 0 Å². The summed E-state index contributed by atoms with van der Waals surface area (Å²) in [6.07, 6.45) is 1.33. The highest BCUT2D eigenvalue weighted by atomic mass is 16.5. The maximum Gasteiger partial charge on any atom is 0.119 e. The van der Waals surface area contributed by atoms with Gasteiger partial charge in [0.1, 0.15) is 24.7 Å². The lowest BCUT2D eigenvalue weighted by atomic mass is 10.1. The predicted octanol–water partition coefficient (Wildman–Crippen LogP) is 3.91. The molecule has 0 saturated carbocycles. The normalized spacial score (nSPS) is 10.6. The second-order valence-electron chi connectivity index (χ2n) is 6.63. The smallest absolute Gasteiger partial charge is 0.119 e. The van der Waals surface area contributed by atoms with Crippen LogP contribution in [0.5, 0.6) is 11.5 Å². The largest absolute Gasteiger partial charge is 0.489 e. The van der Waals surface area contributed by atoms with Gasteiger partial charge < -0.3 is 19.7 Å². The summed E-state index contributed by atoms with van der Waals surface area (Å²) in [5.41, 5.74) is 4.39. The van der Waals surface area contributed by atoms with Gasteiger partial charge in [0.2, 0.25) is 0 Å². The number of hydrogen-bond acceptors (Lipinski definition) is 4. The van der Waals surface area contributed by atoms with E-state index in [1.54, 1.807) is 0 Å². The van der Waals surface area contributed by atoms with E-state index in [1.165, 1.54) is 0 Å². The summed E-state index contributed by atoms with van der Waals surface area (Å²) >= 11 is 0. The second-order valence-corrected chi connectivity index (χ2v) is 6.63. The number of rotatable bonds is 10. The van der Waals surface area contributed by atoms with E-state index in [-0.39, 0.29) is 13.2 Å². The fourth-order valence-corrected chi connectivity index (χ4v) is 2.83. The Morgan fingerprint density at radius 1 is 0.464 bits per heavy atom. The van der Waals surface area contributed by atoms with E-state index < -0.39 is 0 Å². The summed E-state index contributed by atoms with van der Waals surface area (Å²) in [4.78, 5) is 0. The molecule has 0 fully saturated rings. The first kappa shape index (κ1) is 19.9. The SMILES string of the molecule is OCCc1ccc(OCc2ccc(COc3ccc(CCO)cc3)cc2)cc1. The zero-order valence-corrected chi connectivity index (χ0v) is 15.9. The van der Waals surface area contributed by atoms with Crippen LogP contribution >= 0.6 is 0 Å². The van der Waals surface area contributed by atoms with E-state index >= 15 is 0 Å². The van der Waals surface area contributed by atoms with Gasteiger partial charge in [-0.1, -0.05) is 48.5 Å². The third-order valence-electron chi connectivity index (χ3n) is 4.48. The Labute approximate surface area is 166 Å². The van der Waals surface area contributed by atoms with Crippen molar-refractivity contribution in [3.63, 3.8) is 0 Å². The highest BCUT2D eigenvalue weighted by molar-refractivity contribution is 5.30. The molecule has 28 heavy (non-hydrogen) atoms. The highest BCUT2D eigenvalue weighted by Crippen LogP contribution is 2.17. The molecule has 146 valence electrons. The fraction of sp³-hybridized carbons (Fsp3) is 0.250. The number of hydrogen-bond donors (Lipinski definition) is 2. The molecule has 0 saturated heterocycles. The minimum Gasteiger partial charge on any atom is -0.489 e. The maximum absolute atomic E-state index is 8.95. The van der Waals surface area contributed by atoms with Gasteiger partial charge in [0.05, 0.1) is 0 Å². The third kappa shape index (κ3) is 6.12. The molecule has 4 nitrogen and oxygen atoms in total. The zero-order chi connectivity index (χ0) is 19.6. The summed E-state index contributed by atoms with van der Waals surface area (Å²) < 4.78 is 11.6. The summed E-state index contributed by atoms with van der Waals surface area (Å²) in [5, 5.41) is 17.9. The molecule has 3 aromatic carbocycles. The fourth-order valence-electron chi connectivity index (χ4n) is 2.83. The van der Waals surface area contributed by atoms with Gasteiger partial charge in [0, 0.05) is 13.2 Å². The molecule has 4 heteroatoms. The van der Waals surface area contributed by atoms with Crippen LogP contribution < -0.4 is 9.47 Å². The number of ether oxygens (including phenoxy) is 2. The van der Waals surface area contributed by atoms with Crippen molar-refractivity contribution in [2.24, 2.45) is 0 Å². The summed E-state index contributed by atoms with van der Waals surface area (Å²) in [7, 11) is 0. The van der Waals surface area contributed by atoms with Crippen LogP contribution in [-0.4, -0.2) is 23.4 Å². The topological polar surface area (TPSA) is 58.9 Å². The van der Waals surface area contributed by atoms with E-state index in [0.717, 1.165) is 33.8 Å². The lowest BCUT2D eigenvalue weighted by molar-refractivity contribution is 0.297. The van der Waals surface area contributed by atoms with E-state index in [1.807, 2.05) is 72.8 Å². The van der Waals surface area contributed by atoms with Gasteiger partial charge >= 0.3 is 0 Å². The lowest BCUT2D eigenvalue weighted by Crippen LogP contribution is -1.99. The zero-order valence-electron chi connectivity index (χ0n) is 15.9.